The summed E-state index contributed by atoms with van der Waals surface area (Å²) in [6.45, 7) is 3.90. The molecule has 1 aromatic rings. The largest absolute Gasteiger partial charge is 0.491 e. The van der Waals surface area contributed by atoms with E-state index in [4.69, 9.17) is 4.74 Å². The number of aliphatic hydroxyl groups is 2. The summed E-state index contributed by atoms with van der Waals surface area (Å²) in [7, 11) is 0. The van der Waals surface area contributed by atoms with Gasteiger partial charge in [0.15, 0.2) is 0 Å². The van der Waals surface area contributed by atoms with Crippen LogP contribution in [0.15, 0.2) is 24.3 Å². The lowest BCUT2D eigenvalue weighted by atomic mass is 10.1. The lowest BCUT2D eigenvalue weighted by Gasteiger charge is -2.17. The summed E-state index contributed by atoms with van der Waals surface area (Å²) >= 11 is 3.94. The molecule has 3 nitrogen and oxygen atoms in total. The van der Waals surface area contributed by atoms with Crippen LogP contribution in [0.5, 0.6) is 5.75 Å². The molecule has 0 aliphatic rings. The van der Waals surface area contributed by atoms with Gasteiger partial charge >= 0.3 is 0 Å². The molecule has 2 atom stereocenters. The number of ether oxygens (including phenoxy) is 1. The number of aliphatic hydroxyl groups excluding tert-OH is 2. The highest BCUT2D eigenvalue weighted by molar-refractivity contribution is 7.80. The van der Waals surface area contributed by atoms with E-state index < -0.39 is 12.2 Å². The van der Waals surface area contributed by atoms with E-state index in [1.54, 1.807) is 24.3 Å². The first-order valence-corrected chi connectivity index (χ1v) is 5.91. The normalized spacial score (nSPS) is 14.9. The van der Waals surface area contributed by atoms with Gasteiger partial charge in [0.25, 0.3) is 0 Å². The van der Waals surface area contributed by atoms with Gasteiger partial charge in [0, 0.05) is 5.75 Å². The van der Waals surface area contributed by atoms with Crippen LogP contribution in [0.3, 0.4) is 0 Å². The lowest BCUT2D eigenvalue weighted by molar-refractivity contribution is 0.0337. The molecule has 0 aromatic heterocycles. The SMILES string of the molecule is CC(C)Oc1ccc(C(O)C(O)CS)cc1. The minimum absolute atomic E-state index is 0.124. The third-order valence-electron chi connectivity index (χ3n) is 2.14. The van der Waals surface area contributed by atoms with Crippen molar-refractivity contribution < 1.29 is 14.9 Å². The molecule has 1 rings (SSSR count). The van der Waals surface area contributed by atoms with Crippen molar-refractivity contribution >= 4 is 12.6 Å². The zero-order chi connectivity index (χ0) is 12.1. The van der Waals surface area contributed by atoms with E-state index in [2.05, 4.69) is 12.6 Å². The summed E-state index contributed by atoms with van der Waals surface area (Å²) in [4.78, 5) is 0. The van der Waals surface area contributed by atoms with Gasteiger partial charge in [0.05, 0.1) is 12.2 Å². The zero-order valence-corrected chi connectivity index (χ0v) is 10.4. The van der Waals surface area contributed by atoms with Crippen molar-refractivity contribution in [3.8, 4) is 5.75 Å². The van der Waals surface area contributed by atoms with Crippen molar-refractivity contribution in [3.05, 3.63) is 29.8 Å². The fourth-order valence-corrected chi connectivity index (χ4v) is 1.54. The number of rotatable bonds is 5. The molecule has 0 saturated carbocycles. The van der Waals surface area contributed by atoms with Crippen LogP contribution in [-0.2, 0) is 0 Å². The zero-order valence-electron chi connectivity index (χ0n) is 9.50. The summed E-state index contributed by atoms with van der Waals surface area (Å²) in [5, 5.41) is 19.2. The van der Waals surface area contributed by atoms with Crippen LogP contribution in [0.25, 0.3) is 0 Å². The fourth-order valence-electron chi connectivity index (χ4n) is 1.34. The van der Waals surface area contributed by atoms with Crippen LogP contribution in [0.2, 0.25) is 0 Å². The highest BCUT2D eigenvalue weighted by atomic mass is 32.1. The van der Waals surface area contributed by atoms with Gasteiger partial charge in [0.2, 0.25) is 0 Å². The quantitative estimate of drug-likeness (QED) is 0.690. The number of benzene rings is 1. The molecular formula is C12H18O3S. The first kappa shape index (κ1) is 13.4. The molecular weight excluding hydrogens is 224 g/mol. The predicted octanol–water partition coefficient (Wildman–Crippen LogP) is 1.80. The van der Waals surface area contributed by atoms with Crippen molar-refractivity contribution in [2.45, 2.75) is 32.2 Å². The molecule has 1 aromatic carbocycles. The molecule has 0 aliphatic carbocycles. The van der Waals surface area contributed by atoms with E-state index in [9.17, 15) is 10.2 Å². The van der Waals surface area contributed by atoms with E-state index in [1.807, 2.05) is 13.8 Å². The molecule has 0 bridgehead atoms. The first-order valence-electron chi connectivity index (χ1n) is 5.28. The highest BCUT2D eigenvalue weighted by Crippen LogP contribution is 2.21. The van der Waals surface area contributed by atoms with Crippen molar-refractivity contribution in [1.29, 1.82) is 0 Å². The number of hydrogen-bond acceptors (Lipinski definition) is 4. The van der Waals surface area contributed by atoms with Gasteiger partial charge in [-0.3, -0.25) is 0 Å². The van der Waals surface area contributed by atoms with Crippen LogP contribution < -0.4 is 4.74 Å². The summed E-state index contributed by atoms with van der Waals surface area (Å²) in [6, 6.07) is 7.05. The van der Waals surface area contributed by atoms with E-state index in [0.717, 1.165) is 5.75 Å². The van der Waals surface area contributed by atoms with Gasteiger partial charge in [-0.2, -0.15) is 12.6 Å². The summed E-state index contributed by atoms with van der Waals surface area (Å²) in [6.07, 6.45) is -1.62. The third-order valence-corrected chi connectivity index (χ3v) is 2.52. The van der Waals surface area contributed by atoms with Crippen LogP contribution in [0, 0.1) is 0 Å². The Labute approximate surface area is 101 Å². The van der Waals surface area contributed by atoms with Crippen LogP contribution in [-0.4, -0.2) is 28.2 Å². The highest BCUT2D eigenvalue weighted by Gasteiger charge is 2.16. The maximum absolute atomic E-state index is 9.72. The van der Waals surface area contributed by atoms with E-state index in [-0.39, 0.29) is 11.9 Å². The molecule has 0 radical (unpaired) electrons. The van der Waals surface area contributed by atoms with Crippen molar-refractivity contribution in [1.82, 2.24) is 0 Å². The van der Waals surface area contributed by atoms with Crippen molar-refractivity contribution in [2.75, 3.05) is 5.75 Å². The molecule has 0 spiro atoms. The summed E-state index contributed by atoms with van der Waals surface area (Å²) in [5.74, 6) is 0.983. The molecule has 0 aliphatic heterocycles. The molecule has 4 heteroatoms. The number of thiol groups is 1. The maximum atomic E-state index is 9.72. The van der Waals surface area contributed by atoms with Crippen LogP contribution in [0.1, 0.15) is 25.5 Å². The summed E-state index contributed by atoms with van der Waals surface area (Å²) in [5.41, 5.74) is 0.664. The van der Waals surface area contributed by atoms with E-state index in [1.165, 1.54) is 0 Å². The first-order chi connectivity index (χ1) is 7.54. The Bertz CT molecular complexity index is 311. The second kappa shape index (κ2) is 6.13. The molecule has 0 amide bonds. The van der Waals surface area contributed by atoms with E-state index >= 15 is 0 Å². The standard InChI is InChI=1S/C12H18O3S/c1-8(2)15-10-5-3-9(4-6-10)12(14)11(13)7-16/h3-6,8,11-14,16H,7H2,1-2H3. The predicted molar refractivity (Wildman–Crippen MR) is 67.0 cm³/mol. The molecule has 0 saturated heterocycles. The molecule has 2 N–H and O–H groups in total. The smallest absolute Gasteiger partial charge is 0.119 e. The van der Waals surface area contributed by atoms with Gasteiger partial charge in [0.1, 0.15) is 11.9 Å². The Morgan fingerprint density at radius 2 is 1.75 bits per heavy atom. The Hall–Kier alpha value is -0.710. The maximum Gasteiger partial charge on any atom is 0.119 e. The molecule has 2 unspecified atom stereocenters. The minimum Gasteiger partial charge on any atom is -0.491 e. The van der Waals surface area contributed by atoms with E-state index in [0.29, 0.717) is 5.56 Å². The lowest BCUT2D eigenvalue weighted by Crippen LogP contribution is -2.19. The van der Waals surface area contributed by atoms with Crippen molar-refractivity contribution in [2.24, 2.45) is 0 Å². The summed E-state index contributed by atoms with van der Waals surface area (Å²) < 4.78 is 5.48. The molecule has 90 valence electrons. The molecule has 0 heterocycles. The van der Waals surface area contributed by atoms with Gasteiger partial charge in [-0.05, 0) is 31.5 Å². The Morgan fingerprint density at radius 3 is 2.19 bits per heavy atom. The third kappa shape index (κ3) is 3.70. The van der Waals surface area contributed by atoms with Crippen LogP contribution in [0.4, 0.5) is 0 Å². The minimum atomic E-state index is -0.898. The monoisotopic (exact) mass is 242 g/mol. The van der Waals surface area contributed by atoms with Gasteiger partial charge < -0.3 is 14.9 Å². The average molecular weight is 242 g/mol. The number of hydrogen-bond donors (Lipinski definition) is 3. The van der Waals surface area contributed by atoms with Crippen LogP contribution >= 0.6 is 12.6 Å². The molecule has 0 fully saturated rings. The second-order valence-corrected chi connectivity index (χ2v) is 4.30. The molecule has 16 heavy (non-hydrogen) atoms. The second-order valence-electron chi connectivity index (χ2n) is 3.93. The Morgan fingerprint density at radius 1 is 1.19 bits per heavy atom. The fraction of sp³-hybridized carbons (Fsp3) is 0.500. The van der Waals surface area contributed by atoms with Gasteiger partial charge in [-0.1, -0.05) is 12.1 Å². The Kier molecular flexibility index (Phi) is 5.12. The van der Waals surface area contributed by atoms with Gasteiger partial charge in [-0.25, -0.2) is 0 Å². The topological polar surface area (TPSA) is 49.7 Å². The Balaban J connectivity index is 2.70. The van der Waals surface area contributed by atoms with Gasteiger partial charge in [-0.15, -0.1) is 0 Å². The van der Waals surface area contributed by atoms with Crippen molar-refractivity contribution in [3.63, 3.8) is 0 Å². The average Bonchev–Trinajstić information content (AvgIpc) is 2.27.